The van der Waals surface area contributed by atoms with E-state index in [9.17, 15) is 8.42 Å². The summed E-state index contributed by atoms with van der Waals surface area (Å²) >= 11 is 0. The van der Waals surface area contributed by atoms with Crippen molar-refractivity contribution in [3.63, 3.8) is 0 Å². The summed E-state index contributed by atoms with van der Waals surface area (Å²) in [5, 5.41) is 3.28. The molecule has 1 fully saturated rings. The maximum atomic E-state index is 11.5. The molecular weight excluding hydrogens is 246 g/mol. The normalized spacial score (nSPS) is 23.2. The molecule has 1 saturated heterocycles. The Kier molecular flexibility index (Phi) is 4.55. The van der Waals surface area contributed by atoms with Crippen molar-refractivity contribution in [2.45, 2.75) is 18.9 Å². The highest BCUT2D eigenvalue weighted by atomic mass is 32.2. The van der Waals surface area contributed by atoms with Gasteiger partial charge in [0.15, 0.2) is 9.84 Å². The van der Waals surface area contributed by atoms with Gasteiger partial charge in [0.05, 0.1) is 11.5 Å². The summed E-state index contributed by atoms with van der Waals surface area (Å²) in [5.41, 5.74) is 1.16. The first-order chi connectivity index (χ1) is 8.66. The fourth-order valence-electron chi connectivity index (χ4n) is 2.18. The molecular formula is C14H19NO2S. The van der Waals surface area contributed by atoms with Crippen LogP contribution < -0.4 is 5.32 Å². The zero-order valence-electron chi connectivity index (χ0n) is 10.4. The molecule has 4 heteroatoms. The molecule has 1 unspecified atom stereocenters. The summed E-state index contributed by atoms with van der Waals surface area (Å²) < 4.78 is 22.9. The summed E-state index contributed by atoms with van der Waals surface area (Å²) in [6, 6.07) is 10.2. The van der Waals surface area contributed by atoms with Crippen LogP contribution in [0.4, 0.5) is 0 Å². The van der Waals surface area contributed by atoms with Crippen molar-refractivity contribution < 1.29 is 8.42 Å². The molecule has 2 rings (SSSR count). The van der Waals surface area contributed by atoms with Crippen molar-refractivity contribution in [1.29, 1.82) is 0 Å². The van der Waals surface area contributed by atoms with E-state index < -0.39 is 9.84 Å². The lowest BCUT2D eigenvalue weighted by atomic mass is 10.2. The average molecular weight is 265 g/mol. The molecule has 0 radical (unpaired) electrons. The molecule has 1 heterocycles. The number of sulfone groups is 1. The highest BCUT2D eigenvalue weighted by molar-refractivity contribution is 7.91. The number of hydrogen-bond acceptors (Lipinski definition) is 3. The van der Waals surface area contributed by atoms with E-state index in [0.29, 0.717) is 5.75 Å². The molecule has 1 aromatic rings. The minimum absolute atomic E-state index is 0.115. The quantitative estimate of drug-likeness (QED) is 0.904. The van der Waals surface area contributed by atoms with Crippen LogP contribution in [0.5, 0.6) is 0 Å². The second kappa shape index (κ2) is 6.16. The molecule has 18 heavy (non-hydrogen) atoms. The van der Waals surface area contributed by atoms with Crippen LogP contribution in [0.2, 0.25) is 0 Å². The number of rotatable bonds is 4. The summed E-state index contributed by atoms with van der Waals surface area (Å²) in [7, 11) is -2.81. The van der Waals surface area contributed by atoms with E-state index in [1.54, 1.807) is 0 Å². The standard InChI is InChI=1S/C14H19NO2S/c16-18(17)11-5-9-14(12-18)15-10-4-8-13-6-2-1-3-7-13/h1-4,6-8,14-15H,5,9-12H2. The SMILES string of the molecule is O=S1(=O)CCCC(NCC=Cc2ccccc2)C1. The maximum absolute atomic E-state index is 11.5. The predicted molar refractivity (Wildman–Crippen MR) is 75.2 cm³/mol. The molecule has 3 nitrogen and oxygen atoms in total. The van der Waals surface area contributed by atoms with E-state index in [2.05, 4.69) is 5.32 Å². The van der Waals surface area contributed by atoms with E-state index in [-0.39, 0.29) is 11.8 Å². The molecule has 0 aliphatic carbocycles. The second-order valence-electron chi connectivity index (χ2n) is 4.67. The van der Waals surface area contributed by atoms with E-state index >= 15 is 0 Å². The van der Waals surface area contributed by atoms with Crippen LogP contribution in [-0.2, 0) is 9.84 Å². The van der Waals surface area contributed by atoms with Crippen LogP contribution >= 0.6 is 0 Å². The van der Waals surface area contributed by atoms with Gasteiger partial charge in [-0.15, -0.1) is 0 Å². The lowest BCUT2D eigenvalue weighted by molar-refractivity contribution is 0.499. The van der Waals surface area contributed by atoms with Crippen LogP contribution in [0.15, 0.2) is 36.4 Å². The van der Waals surface area contributed by atoms with E-state index in [1.165, 1.54) is 0 Å². The second-order valence-corrected chi connectivity index (χ2v) is 6.90. The molecule has 0 spiro atoms. The van der Waals surface area contributed by atoms with Gasteiger partial charge in [0, 0.05) is 12.6 Å². The van der Waals surface area contributed by atoms with Crippen LogP contribution in [0.25, 0.3) is 6.08 Å². The van der Waals surface area contributed by atoms with Crippen LogP contribution in [-0.4, -0.2) is 32.5 Å². The Balaban J connectivity index is 1.77. The van der Waals surface area contributed by atoms with Crippen molar-refractivity contribution in [3.8, 4) is 0 Å². The largest absolute Gasteiger partial charge is 0.310 e. The Morgan fingerprint density at radius 1 is 1.28 bits per heavy atom. The Hall–Kier alpha value is -1.13. The Bertz CT molecular complexity index is 494. The predicted octanol–water partition coefficient (Wildman–Crippen LogP) is 1.87. The number of nitrogens with one attached hydrogen (secondary N) is 1. The zero-order chi connectivity index (χ0) is 12.8. The molecule has 1 N–H and O–H groups in total. The minimum atomic E-state index is -2.81. The molecule has 1 aliphatic rings. The molecule has 0 amide bonds. The molecule has 1 aliphatic heterocycles. The van der Waals surface area contributed by atoms with Gasteiger partial charge in [-0.2, -0.15) is 0 Å². The molecule has 98 valence electrons. The van der Waals surface area contributed by atoms with Crippen LogP contribution in [0.3, 0.4) is 0 Å². The number of hydrogen-bond donors (Lipinski definition) is 1. The Labute approximate surface area is 109 Å². The highest BCUT2D eigenvalue weighted by Gasteiger charge is 2.23. The molecule has 1 atom stereocenters. The van der Waals surface area contributed by atoms with Gasteiger partial charge >= 0.3 is 0 Å². The molecule has 0 aromatic heterocycles. The van der Waals surface area contributed by atoms with E-state index in [4.69, 9.17) is 0 Å². The molecule has 0 saturated carbocycles. The van der Waals surface area contributed by atoms with Crippen LogP contribution in [0.1, 0.15) is 18.4 Å². The third-order valence-corrected chi connectivity index (χ3v) is 4.92. The van der Waals surface area contributed by atoms with Crippen LogP contribution in [0, 0.1) is 0 Å². The molecule has 1 aromatic carbocycles. The number of benzene rings is 1. The minimum Gasteiger partial charge on any atom is -0.310 e. The lowest BCUT2D eigenvalue weighted by Gasteiger charge is -2.22. The fraction of sp³-hybridized carbons (Fsp3) is 0.429. The van der Waals surface area contributed by atoms with Crippen molar-refractivity contribution in [2.75, 3.05) is 18.1 Å². The first-order valence-corrected chi connectivity index (χ1v) is 8.13. The smallest absolute Gasteiger partial charge is 0.151 e. The van der Waals surface area contributed by atoms with Crippen molar-refractivity contribution >= 4 is 15.9 Å². The van der Waals surface area contributed by atoms with Crippen molar-refractivity contribution in [2.24, 2.45) is 0 Å². The Morgan fingerprint density at radius 2 is 2.06 bits per heavy atom. The van der Waals surface area contributed by atoms with Gasteiger partial charge < -0.3 is 5.32 Å². The monoisotopic (exact) mass is 265 g/mol. The average Bonchev–Trinajstić information content (AvgIpc) is 2.35. The highest BCUT2D eigenvalue weighted by Crippen LogP contribution is 2.11. The summed E-state index contributed by atoms with van der Waals surface area (Å²) in [6.45, 7) is 0.717. The van der Waals surface area contributed by atoms with Gasteiger partial charge in [-0.25, -0.2) is 8.42 Å². The summed E-state index contributed by atoms with van der Waals surface area (Å²) in [5.74, 6) is 0.636. The van der Waals surface area contributed by atoms with Gasteiger partial charge in [-0.1, -0.05) is 42.5 Å². The summed E-state index contributed by atoms with van der Waals surface area (Å²) in [4.78, 5) is 0. The van der Waals surface area contributed by atoms with E-state index in [1.807, 2.05) is 42.5 Å². The lowest BCUT2D eigenvalue weighted by Crippen LogP contribution is -2.40. The van der Waals surface area contributed by atoms with Crippen molar-refractivity contribution in [3.05, 3.63) is 42.0 Å². The third-order valence-electron chi connectivity index (χ3n) is 3.10. The molecule has 0 bridgehead atoms. The van der Waals surface area contributed by atoms with Gasteiger partial charge in [-0.3, -0.25) is 0 Å². The van der Waals surface area contributed by atoms with Gasteiger partial charge in [-0.05, 0) is 18.4 Å². The maximum Gasteiger partial charge on any atom is 0.151 e. The zero-order valence-corrected chi connectivity index (χ0v) is 11.2. The third kappa shape index (κ3) is 4.27. The van der Waals surface area contributed by atoms with Gasteiger partial charge in [0.2, 0.25) is 0 Å². The summed E-state index contributed by atoms with van der Waals surface area (Å²) in [6.07, 6.45) is 5.82. The van der Waals surface area contributed by atoms with Crippen molar-refractivity contribution in [1.82, 2.24) is 5.32 Å². The Morgan fingerprint density at radius 3 is 2.78 bits per heavy atom. The topological polar surface area (TPSA) is 46.2 Å². The van der Waals surface area contributed by atoms with Gasteiger partial charge in [0.25, 0.3) is 0 Å². The fourth-order valence-corrected chi connectivity index (χ4v) is 3.85. The van der Waals surface area contributed by atoms with E-state index in [0.717, 1.165) is 24.9 Å². The van der Waals surface area contributed by atoms with Gasteiger partial charge in [0.1, 0.15) is 0 Å². The first-order valence-electron chi connectivity index (χ1n) is 6.31. The first kappa shape index (κ1) is 13.3.